The van der Waals surface area contributed by atoms with Crippen molar-refractivity contribution in [2.45, 2.75) is 33.2 Å². The number of rotatable bonds is 3. The maximum atomic E-state index is 13.2. The van der Waals surface area contributed by atoms with E-state index in [1.165, 1.54) is 12.1 Å². The monoisotopic (exact) mass is 353 g/mol. The van der Waals surface area contributed by atoms with Crippen LogP contribution < -0.4 is 0 Å². The first-order chi connectivity index (χ1) is 12.5. The van der Waals surface area contributed by atoms with Gasteiger partial charge >= 0.3 is 0 Å². The number of aryl methyl sites for hydroxylation is 1. The molecule has 3 aromatic rings. The molecule has 7 heteroatoms. The largest absolute Gasteiger partial charge is 0.338 e. The molecule has 1 aromatic carbocycles. The molecule has 0 atom stereocenters. The van der Waals surface area contributed by atoms with Gasteiger partial charge in [-0.1, -0.05) is 0 Å². The number of nitrogens with zero attached hydrogens (tertiary/aromatic N) is 4. The van der Waals surface area contributed by atoms with Gasteiger partial charge in [0.25, 0.3) is 0 Å². The van der Waals surface area contributed by atoms with Crippen LogP contribution in [-0.2, 0) is 24.2 Å². The minimum atomic E-state index is -0.283. The third kappa shape index (κ3) is 2.89. The molecule has 1 N–H and O–H groups in total. The van der Waals surface area contributed by atoms with Gasteiger partial charge in [0.2, 0.25) is 5.91 Å². The van der Waals surface area contributed by atoms with Crippen molar-refractivity contribution >= 4 is 5.91 Å². The Hall–Kier alpha value is -2.96. The van der Waals surface area contributed by atoms with Gasteiger partial charge in [0.15, 0.2) is 0 Å². The standard InChI is InChI=1S/C19H20FN5O/c1-12-17(13(2)25(23-12)16-5-3-15(20)4-6-16)9-19(26)24-8-7-18-14(11-24)10-21-22-18/h3-6,10H,7-9,11H2,1-2H3,(H,21,22). The smallest absolute Gasteiger partial charge is 0.227 e. The van der Waals surface area contributed by atoms with Crippen molar-refractivity contribution in [3.63, 3.8) is 0 Å². The Kier molecular flexibility index (Phi) is 4.06. The number of H-pyrrole nitrogens is 1. The molecule has 1 aliphatic rings. The lowest BCUT2D eigenvalue weighted by molar-refractivity contribution is -0.131. The molecular formula is C19H20FN5O. The summed E-state index contributed by atoms with van der Waals surface area (Å²) in [6.07, 6.45) is 2.90. The first-order valence-electron chi connectivity index (χ1n) is 8.63. The van der Waals surface area contributed by atoms with E-state index in [0.29, 0.717) is 19.5 Å². The maximum Gasteiger partial charge on any atom is 0.227 e. The number of aromatic nitrogens is 4. The van der Waals surface area contributed by atoms with Crippen LogP contribution >= 0.6 is 0 Å². The highest BCUT2D eigenvalue weighted by atomic mass is 19.1. The zero-order valence-electron chi connectivity index (χ0n) is 14.8. The van der Waals surface area contributed by atoms with Gasteiger partial charge in [0.05, 0.1) is 24.0 Å². The average molecular weight is 353 g/mol. The molecule has 1 aliphatic heterocycles. The summed E-state index contributed by atoms with van der Waals surface area (Å²) in [7, 11) is 0. The Labute approximate surface area is 150 Å². The molecule has 0 aliphatic carbocycles. The number of nitrogens with one attached hydrogen (secondary N) is 1. The fraction of sp³-hybridized carbons (Fsp3) is 0.316. The van der Waals surface area contributed by atoms with Crippen molar-refractivity contribution in [3.8, 4) is 5.69 Å². The van der Waals surface area contributed by atoms with Crippen LogP contribution in [0.2, 0.25) is 0 Å². The topological polar surface area (TPSA) is 66.8 Å². The number of hydrogen-bond donors (Lipinski definition) is 1. The quantitative estimate of drug-likeness (QED) is 0.787. The van der Waals surface area contributed by atoms with Gasteiger partial charge in [0.1, 0.15) is 5.82 Å². The fourth-order valence-corrected chi connectivity index (χ4v) is 3.46. The number of benzene rings is 1. The van der Waals surface area contributed by atoms with Crippen LogP contribution in [0.1, 0.15) is 28.2 Å². The summed E-state index contributed by atoms with van der Waals surface area (Å²) in [5.41, 5.74) is 5.64. The zero-order valence-corrected chi connectivity index (χ0v) is 14.8. The number of aromatic amines is 1. The first-order valence-corrected chi connectivity index (χ1v) is 8.63. The minimum Gasteiger partial charge on any atom is -0.338 e. The second-order valence-electron chi connectivity index (χ2n) is 6.65. The highest BCUT2D eigenvalue weighted by Gasteiger charge is 2.24. The van der Waals surface area contributed by atoms with Gasteiger partial charge < -0.3 is 4.90 Å². The van der Waals surface area contributed by atoms with Crippen LogP contribution in [0.25, 0.3) is 5.69 Å². The molecule has 4 rings (SSSR count). The summed E-state index contributed by atoms with van der Waals surface area (Å²) < 4.78 is 14.9. The van der Waals surface area contributed by atoms with Gasteiger partial charge in [0, 0.05) is 42.0 Å². The third-order valence-electron chi connectivity index (χ3n) is 4.99. The van der Waals surface area contributed by atoms with Crippen LogP contribution in [-0.4, -0.2) is 37.3 Å². The van der Waals surface area contributed by atoms with Gasteiger partial charge in [-0.2, -0.15) is 10.2 Å². The lowest BCUT2D eigenvalue weighted by Crippen LogP contribution is -2.36. The molecule has 0 fully saturated rings. The lowest BCUT2D eigenvalue weighted by atomic mass is 10.1. The number of hydrogen-bond acceptors (Lipinski definition) is 3. The Bertz CT molecular complexity index is 957. The summed E-state index contributed by atoms with van der Waals surface area (Å²) in [4.78, 5) is 14.7. The van der Waals surface area contributed by atoms with E-state index >= 15 is 0 Å². The molecule has 26 heavy (non-hydrogen) atoms. The van der Waals surface area contributed by atoms with Crippen molar-refractivity contribution in [2.24, 2.45) is 0 Å². The summed E-state index contributed by atoms with van der Waals surface area (Å²) in [6, 6.07) is 6.19. The van der Waals surface area contributed by atoms with Crippen LogP contribution in [0.5, 0.6) is 0 Å². The number of carbonyl (C=O) groups is 1. The predicted molar refractivity (Wildman–Crippen MR) is 94.4 cm³/mol. The second-order valence-corrected chi connectivity index (χ2v) is 6.65. The van der Waals surface area contributed by atoms with Crippen LogP contribution in [0, 0.1) is 19.7 Å². The van der Waals surface area contributed by atoms with E-state index < -0.39 is 0 Å². The van der Waals surface area contributed by atoms with E-state index in [4.69, 9.17) is 0 Å². The number of halogens is 1. The third-order valence-corrected chi connectivity index (χ3v) is 4.99. The van der Waals surface area contributed by atoms with Crippen LogP contribution in [0.4, 0.5) is 4.39 Å². The SMILES string of the molecule is Cc1nn(-c2ccc(F)cc2)c(C)c1CC(=O)N1CCc2[nH]ncc2C1. The molecule has 6 nitrogen and oxygen atoms in total. The summed E-state index contributed by atoms with van der Waals surface area (Å²) in [5.74, 6) is -0.198. The Morgan fingerprint density at radius 3 is 2.81 bits per heavy atom. The molecule has 2 aromatic heterocycles. The van der Waals surface area contributed by atoms with Gasteiger partial charge in [-0.25, -0.2) is 9.07 Å². The molecule has 0 spiro atoms. The number of fused-ring (bicyclic) bond motifs is 1. The molecule has 0 bridgehead atoms. The summed E-state index contributed by atoms with van der Waals surface area (Å²) >= 11 is 0. The van der Waals surface area contributed by atoms with Gasteiger partial charge in [-0.3, -0.25) is 9.89 Å². The zero-order chi connectivity index (χ0) is 18.3. The van der Waals surface area contributed by atoms with Crippen LogP contribution in [0.3, 0.4) is 0 Å². The van der Waals surface area contributed by atoms with E-state index in [1.807, 2.05) is 18.7 Å². The van der Waals surface area contributed by atoms with Crippen molar-refractivity contribution in [3.05, 3.63) is 64.5 Å². The molecule has 0 radical (unpaired) electrons. The Balaban J connectivity index is 1.55. The average Bonchev–Trinajstić information content (AvgIpc) is 3.21. The highest BCUT2D eigenvalue weighted by molar-refractivity contribution is 5.79. The van der Waals surface area contributed by atoms with E-state index in [1.54, 1.807) is 23.0 Å². The van der Waals surface area contributed by atoms with Gasteiger partial charge in [-0.15, -0.1) is 0 Å². The molecule has 134 valence electrons. The van der Waals surface area contributed by atoms with Crippen LogP contribution in [0.15, 0.2) is 30.5 Å². The van der Waals surface area contributed by atoms with Crippen molar-refractivity contribution in [1.29, 1.82) is 0 Å². The first kappa shape index (κ1) is 16.5. The van der Waals surface area contributed by atoms with E-state index in [0.717, 1.165) is 40.3 Å². The molecule has 3 heterocycles. The summed E-state index contributed by atoms with van der Waals surface area (Å²) in [5, 5.41) is 11.6. The molecule has 0 saturated heterocycles. The number of amides is 1. The number of carbonyl (C=O) groups excluding carboxylic acids is 1. The predicted octanol–water partition coefficient (Wildman–Crippen LogP) is 2.48. The summed E-state index contributed by atoms with van der Waals surface area (Å²) in [6.45, 7) is 5.13. The van der Waals surface area contributed by atoms with E-state index in [2.05, 4.69) is 15.3 Å². The fourth-order valence-electron chi connectivity index (χ4n) is 3.46. The normalized spacial score (nSPS) is 13.7. The van der Waals surface area contributed by atoms with Crippen molar-refractivity contribution in [2.75, 3.05) is 6.54 Å². The second kappa shape index (κ2) is 6.40. The van der Waals surface area contributed by atoms with E-state index in [-0.39, 0.29) is 11.7 Å². The van der Waals surface area contributed by atoms with Crippen molar-refractivity contribution in [1.82, 2.24) is 24.9 Å². The lowest BCUT2D eigenvalue weighted by Gasteiger charge is -2.26. The minimum absolute atomic E-state index is 0.0849. The maximum absolute atomic E-state index is 13.2. The molecule has 0 unspecified atom stereocenters. The molecular weight excluding hydrogens is 333 g/mol. The van der Waals surface area contributed by atoms with Gasteiger partial charge in [-0.05, 0) is 38.1 Å². The van der Waals surface area contributed by atoms with E-state index in [9.17, 15) is 9.18 Å². The molecule has 0 saturated carbocycles. The molecule has 1 amide bonds. The highest BCUT2D eigenvalue weighted by Crippen LogP contribution is 2.21. The Morgan fingerprint density at radius 1 is 1.27 bits per heavy atom. The van der Waals surface area contributed by atoms with Crippen molar-refractivity contribution < 1.29 is 9.18 Å². The Morgan fingerprint density at radius 2 is 2.04 bits per heavy atom.